The zero-order valence-electron chi connectivity index (χ0n) is 19.2. The highest BCUT2D eigenvalue weighted by Crippen LogP contribution is 2.50. The number of carbonyl (C=O) groups is 1. The van der Waals surface area contributed by atoms with Crippen LogP contribution in [-0.4, -0.2) is 35.3 Å². The number of fused-ring (bicyclic) bond motifs is 4. The standard InChI is InChI=1S/C28H33N3O2/c29-13-11-18-12-14-30-15-16-31-24-17-20(28(32)33)9-10-22(24)25(19-5-2-1-3-6-19)27(31)23-8-4-7-21(18)26(23)30/h4,7-10,17-19H,1-3,5-6,11-16,29H2,(H,32,33). The average Bonchev–Trinajstić information content (AvgIpc) is 3.07. The lowest BCUT2D eigenvalue weighted by atomic mass is 9.80. The van der Waals surface area contributed by atoms with Crippen molar-refractivity contribution in [3.8, 4) is 11.3 Å². The number of aromatic nitrogens is 1. The molecule has 5 nitrogen and oxygen atoms in total. The van der Waals surface area contributed by atoms with Crippen molar-refractivity contribution >= 4 is 22.6 Å². The van der Waals surface area contributed by atoms with Crippen LogP contribution >= 0.6 is 0 Å². The van der Waals surface area contributed by atoms with Crippen molar-refractivity contribution < 1.29 is 9.90 Å². The summed E-state index contributed by atoms with van der Waals surface area (Å²) >= 11 is 0. The fraction of sp³-hybridized carbons (Fsp3) is 0.464. The Morgan fingerprint density at radius 1 is 1.03 bits per heavy atom. The van der Waals surface area contributed by atoms with E-state index >= 15 is 0 Å². The Morgan fingerprint density at radius 3 is 2.67 bits per heavy atom. The van der Waals surface area contributed by atoms with Crippen LogP contribution in [0.5, 0.6) is 0 Å². The highest BCUT2D eigenvalue weighted by atomic mass is 16.4. The van der Waals surface area contributed by atoms with E-state index < -0.39 is 5.97 Å². The van der Waals surface area contributed by atoms with E-state index in [9.17, 15) is 9.90 Å². The van der Waals surface area contributed by atoms with Crippen LogP contribution in [0.4, 0.5) is 5.69 Å². The highest BCUT2D eigenvalue weighted by molar-refractivity contribution is 6.00. The first-order chi connectivity index (χ1) is 16.2. The van der Waals surface area contributed by atoms with Gasteiger partial charge in [0.15, 0.2) is 0 Å². The molecule has 1 aromatic heterocycles. The first-order valence-electron chi connectivity index (χ1n) is 12.6. The third-order valence-corrected chi connectivity index (χ3v) is 8.30. The molecule has 3 heterocycles. The smallest absolute Gasteiger partial charge is 0.335 e. The summed E-state index contributed by atoms with van der Waals surface area (Å²) in [6.45, 7) is 3.63. The van der Waals surface area contributed by atoms with Crippen LogP contribution in [0.15, 0.2) is 36.4 Å². The molecule has 0 spiro atoms. The van der Waals surface area contributed by atoms with Gasteiger partial charge in [-0.05, 0) is 67.3 Å². The molecule has 2 aromatic carbocycles. The number of aromatic carboxylic acids is 1. The molecule has 6 rings (SSSR count). The van der Waals surface area contributed by atoms with Gasteiger partial charge in [0.2, 0.25) is 0 Å². The number of hydrogen-bond acceptors (Lipinski definition) is 3. The quantitative estimate of drug-likeness (QED) is 0.542. The normalized spacial score (nSPS) is 20.4. The van der Waals surface area contributed by atoms with Crippen molar-refractivity contribution in [3.05, 3.63) is 53.1 Å². The van der Waals surface area contributed by atoms with E-state index in [0.29, 0.717) is 17.4 Å². The van der Waals surface area contributed by atoms with E-state index in [4.69, 9.17) is 5.73 Å². The molecule has 5 heteroatoms. The molecule has 1 fully saturated rings. The molecule has 1 saturated carbocycles. The minimum atomic E-state index is -0.854. The Morgan fingerprint density at radius 2 is 1.88 bits per heavy atom. The van der Waals surface area contributed by atoms with Crippen molar-refractivity contribution in [2.24, 2.45) is 5.73 Å². The summed E-state index contributed by atoms with van der Waals surface area (Å²) in [7, 11) is 0. The van der Waals surface area contributed by atoms with Gasteiger partial charge in [0.1, 0.15) is 0 Å². The zero-order chi connectivity index (χ0) is 22.5. The molecule has 0 bridgehead atoms. The van der Waals surface area contributed by atoms with E-state index in [1.165, 1.54) is 65.6 Å². The second kappa shape index (κ2) is 8.21. The van der Waals surface area contributed by atoms with Crippen LogP contribution in [0.2, 0.25) is 0 Å². The number of nitrogens with two attached hydrogens (primary N) is 1. The monoisotopic (exact) mass is 443 g/mol. The van der Waals surface area contributed by atoms with Gasteiger partial charge in [-0.25, -0.2) is 4.79 Å². The maximum Gasteiger partial charge on any atom is 0.335 e. The average molecular weight is 444 g/mol. The lowest BCUT2D eigenvalue weighted by Crippen LogP contribution is -2.33. The maximum atomic E-state index is 11.8. The Balaban J connectivity index is 1.64. The van der Waals surface area contributed by atoms with Crippen LogP contribution in [-0.2, 0) is 6.54 Å². The highest BCUT2D eigenvalue weighted by Gasteiger charge is 2.34. The summed E-state index contributed by atoms with van der Waals surface area (Å²) in [5, 5.41) is 10.9. The van der Waals surface area contributed by atoms with E-state index in [2.05, 4.69) is 33.7 Å². The van der Waals surface area contributed by atoms with Crippen molar-refractivity contribution in [2.75, 3.05) is 24.5 Å². The van der Waals surface area contributed by atoms with Gasteiger partial charge in [-0.2, -0.15) is 0 Å². The van der Waals surface area contributed by atoms with Gasteiger partial charge in [0.25, 0.3) is 0 Å². The van der Waals surface area contributed by atoms with Gasteiger partial charge in [0.05, 0.1) is 11.3 Å². The molecular weight excluding hydrogens is 410 g/mol. The van der Waals surface area contributed by atoms with E-state index in [1.54, 1.807) is 6.07 Å². The number of para-hydroxylation sites is 1. The number of anilines is 1. The molecule has 2 aliphatic heterocycles. The number of nitrogens with zero attached hydrogens (tertiary/aromatic N) is 2. The van der Waals surface area contributed by atoms with Crippen molar-refractivity contribution in [2.45, 2.75) is 63.3 Å². The minimum Gasteiger partial charge on any atom is -0.478 e. The lowest BCUT2D eigenvalue weighted by Gasteiger charge is -2.36. The predicted octanol–water partition coefficient (Wildman–Crippen LogP) is 5.71. The Kier molecular flexibility index (Phi) is 5.17. The molecule has 172 valence electrons. The van der Waals surface area contributed by atoms with Gasteiger partial charge in [-0.15, -0.1) is 0 Å². The van der Waals surface area contributed by atoms with Crippen LogP contribution < -0.4 is 10.6 Å². The zero-order valence-corrected chi connectivity index (χ0v) is 19.2. The van der Waals surface area contributed by atoms with E-state index in [0.717, 1.165) is 44.5 Å². The van der Waals surface area contributed by atoms with Gasteiger partial charge in [-0.3, -0.25) is 0 Å². The second-order valence-corrected chi connectivity index (χ2v) is 10.1. The Bertz CT molecular complexity index is 1220. The fourth-order valence-electron chi connectivity index (χ4n) is 6.80. The van der Waals surface area contributed by atoms with Crippen molar-refractivity contribution in [3.63, 3.8) is 0 Å². The molecule has 0 amide bonds. The minimum absolute atomic E-state index is 0.375. The van der Waals surface area contributed by atoms with Crippen LogP contribution in [0.3, 0.4) is 0 Å². The fourth-order valence-corrected chi connectivity index (χ4v) is 6.80. The summed E-state index contributed by atoms with van der Waals surface area (Å²) in [6, 6.07) is 12.6. The summed E-state index contributed by atoms with van der Waals surface area (Å²) in [6.07, 6.45) is 8.52. The maximum absolute atomic E-state index is 11.8. The number of benzene rings is 2. The summed E-state index contributed by atoms with van der Waals surface area (Å²) in [4.78, 5) is 14.4. The van der Waals surface area contributed by atoms with Crippen LogP contribution in [0, 0.1) is 0 Å². The number of carboxylic acids is 1. The molecule has 0 radical (unpaired) electrons. The summed E-state index contributed by atoms with van der Waals surface area (Å²) in [5.74, 6) is 0.208. The van der Waals surface area contributed by atoms with Gasteiger partial charge in [-0.1, -0.05) is 43.5 Å². The van der Waals surface area contributed by atoms with Crippen LogP contribution in [0.1, 0.15) is 78.3 Å². The third-order valence-electron chi connectivity index (χ3n) is 8.30. The van der Waals surface area contributed by atoms with E-state index in [-0.39, 0.29) is 0 Å². The molecule has 3 N–H and O–H groups in total. The molecule has 3 aliphatic rings. The SMILES string of the molecule is NCCC1CCN2CCn3c(c(C4CCCCC4)c4ccc(C(=O)O)cc43)-c3cccc1c32. The topological polar surface area (TPSA) is 71.5 Å². The molecule has 0 saturated heterocycles. The van der Waals surface area contributed by atoms with Gasteiger partial charge < -0.3 is 20.3 Å². The first kappa shape index (κ1) is 20.8. The Hall–Kier alpha value is -2.79. The Labute approximate surface area is 195 Å². The molecule has 1 atom stereocenters. The number of hydrogen-bond donors (Lipinski definition) is 2. The molecule has 33 heavy (non-hydrogen) atoms. The van der Waals surface area contributed by atoms with Gasteiger partial charge in [0, 0.05) is 41.8 Å². The molecule has 1 aliphatic carbocycles. The molecule has 3 aromatic rings. The van der Waals surface area contributed by atoms with Crippen LogP contribution in [0.25, 0.3) is 22.2 Å². The van der Waals surface area contributed by atoms with Crippen molar-refractivity contribution in [1.82, 2.24) is 4.57 Å². The number of rotatable bonds is 4. The first-order valence-corrected chi connectivity index (χ1v) is 12.6. The third kappa shape index (κ3) is 3.28. The molecular formula is C28H33N3O2. The second-order valence-electron chi connectivity index (χ2n) is 10.1. The number of carboxylic acid groups (broad SMARTS) is 1. The summed E-state index contributed by atoms with van der Waals surface area (Å²) < 4.78 is 2.44. The van der Waals surface area contributed by atoms with E-state index in [1.807, 2.05) is 6.07 Å². The largest absolute Gasteiger partial charge is 0.478 e. The predicted molar refractivity (Wildman–Crippen MR) is 133 cm³/mol. The van der Waals surface area contributed by atoms with Gasteiger partial charge >= 0.3 is 5.97 Å². The molecule has 1 unspecified atom stereocenters. The summed E-state index contributed by atoms with van der Waals surface area (Å²) in [5.41, 5.74) is 14.4. The lowest BCUT2D eigenvalue weighted by molar-refractivity contribution is 0.0697. The van der Waals surface area contributed by atoms with Crippen molar-refractivity contribution in [1.29, 1.82) is 0 Å².